The monoisotopic (exact) mass is 318 g/mol. The Morgan fingerprint density at radius 3 is 2.55 bits per heavy atom. The first kappa shape index (κ1) is 15.3. The number of benzene rings is 1. The van der Waals surface area contributed by atoms with Crippen LogP contribution in [0.5, 0.6) is 0 Å². The van der Waals surface area contributed by atoms with E-state index >= 15 is 0 Å². The predicted molar refractivity (Wildman–Crippen MR) is 89.7 cm³/mol. The average Bonchev–Trinajstić information content (AvgIpc) is 2.93. The van der Waals surface area contributed by atoms with E-state index in [2.05, 4.69) is 25.2 Å². The van der Waals surface area contributed by atoms with Gasteiger partial charge in [-0.1, -0.05) is 36.4 Å². The van der Waals surface area contributed by atoms with Gasteiger partial charge in [0, 0.05) is 12.6 Å². The molecular weight excluding hydrogens is 296 g/mol. The molecule has 2 aliphatic heterocycles. The molecule has 5 heteroatoms. The van der Waals surface area contributed by atoms with Crippen molar-refractivity contribution in [3.63, 3.8) is 0 Å². The lowest BCUT2D eigenvalue weighted by Crippen LogP contribution is -2.46. The summed E-state index contributed by atoms with van der Waals surface area (Å²) in [5.41, 5.74) is 2.69. The number of nitrogens with zero attached hydrogens (tertiary/aromatic N) is 1. The molecule has 1 fully saturated rings. The molecule has 0 radical (unpaired) electrons. The maximum Gasteiger partial charge on any atom is 0.232 e. The molecule has 3 rings (SSSR count). The molecule has 0 bridgehead atoms. The molecule has 118 valence electrons. The normalized spacial score (nSPS) is 30.3. The fourth-order valence-corrected chi connectivity index (χ4v) is 4.57. The van der Waals surface area contributed by atoms with E-state index in [0.717, 1.165) is 17.7 Å². The summed E-state index contributed by atoms with van der Waals surface area (Å²) < 4.78 is 25.9. The molecule has 1 aromatic rings. The minimum Gasteiger partial charge on any atom is -0.297 e. The lowest BCUT2D eigenvalue weighted by molar-refractivity contribution is 0.460. The maximum atomic E-state index is 12.2. The van der Waals surface area contributed by atoms with Gasteiger partial charge in [0.1, 0.15) is 0 Å². The summed E-state index contributed by atoms with van der Waals surface area (Å²) in [6.45, 7) is 4.70. The van der Waals surface area contributed by atoms with Crippen LogP contribution in [-0.2, 0) is 10.0 Å². The van der Waals surface area contributed by atoms with Crippen molar-refractivity contribution in [1.82, 2.24) is 9.62 Å². The Bertz CT molecular complexity index is 737. The fraction of sp³-hybridized carbons (Fsp3) is 0.412. The minimum atomic E-state index is -3.28. The van der Waals surface area contributed by atoms with Gasteiger partial charge in [-0.2, -0.15) is 0 Å². The highest BCUT2D eigenvalue weighted by Crippen LogP contribution is 2.43. The van der Waals surface area contributed by atoms with E-state index in [4.69, 9.17) is 0 Å². The first-order valence-corrected chi connectivity index (χ1v) is 9.39. The van der Waals surface area contributed by atoms with E-state index in [1.807, 2.05) is 36.4 Å². The second kappa shape index (κ2) is 5.25. The Kier molecular flexibility index (Phi) is 3.65. The van der Waals surface area contributed by atoms with Crippen LogP contribution >= 0.6 is 0 Å². The molecule has 22 heavy (non-hydrogen) atoms. The van der Waals surface area contributed by atoms with Crippen molar-refractivity contribution in [2.75, 3.05) is 12.8 Å². The molecule has 1 spiro atoms. The fourth-order valence-electron chi connectivity index (χ4n) is 3.58. The Morgan fingerprint density at radius 2 is 2.00 bits per heavy atom. The van der Waals surface area contributed by atoms with Crippen LogP contribution < -0.4 is 5.32 Å². The largest absolute Gasteiger partial charge is 0.297 e. The summed E-state index contributed by atoms with van der Waals surface area (Å²) in [5.74, 6) is 0. The van der Waals surface area contributed by atoms with Gasteiger partial charge in [-0.25, -0.2) is 8.42 Å². The number of rotatable bonds is 2. The third-order valence-electron chi connectivity index (χ3n) is 4.55. The van der Waals surface area contributed by atoms with Crippen molar-refractivity contribution >= 4 is 16.1 Å². The molecule has 1 aromatic carbocycles. The molecule has 0 unspecified atom stereocenters. The molecule has 0 amide bonds. The Labute approximate surface area is 132 Å². The van der Waals surface area contributed by atoms with Crippen LogP contribution in [0.15, 0.2) is 47.7 Å². The van der Waals surface area contributed by atoms with Gasteiger partial charge in [-0.05, 0) is 37.5 Å². The van der Waals surface area contributed by atoms with Gasteiger partial charge in [0.05, 0.1) is 17.5 Å². The smallest absolute Gasteiger partial charge is 0.232 e. The summed E-state index contributed by atoms with van der Waals surface area (Å²) in [6.07, 6.45) is 6.23. The first-order valence-electron chi connectivity index (χ1n) is 7.54. The summed E-state index contributed by atoms with van der Waals surface area (Å²) in [4.78, 5) is 0. The Hall–Kier alpha value is -1.59. The van der Waals surface area contributed by atoms with E-state index in [1.165, 1.54) is 11.8 Å². The number of hydrogen-bond donors (Lipinski definition) is 1. The predicted octanol–water partition coefficient (Wildman–Crippen LogP) is 2.37. The maximum absolute atomic E-state index is 12.2. The highest BCUT2D eigenvalue weighted by atomic mass is 32.2. The van der Waals surface area contributed by atoms with Crippen LogP contribution in [0.2, 0.25) is 0 Å². The highest BCUT2D eigenvalue weighted by molar-refractivity contribution is 7.88. The van der Waals surface area contributed by atoms with Crippen molar-refractivity contribution < 1.29 is 8.42 Å². The molecule has 0 aliphatic carbocycles. The third-order valence-corrected chi connectivity index (χ3v) is 5.73. The van der Waals surface area contributed by atoms with E-state index in [-0.39, 0.29) is 11.6 Å². The number of nitrogens with one attached hydrogen (secondary N) is 1. The Balaban J connectivity index is 2.13. The van der Waals surface area contributed by atoms with Crippen molar-refractivity contribution in [2.24, 2.45) is 0 Å². The highest BCUT2D eigenvalue weighted by Gasteiger charge is 2.49. The molecule has 0 aromatic heterocycles. The van der Waals surface area contributed by atoms with Crippen LogP contribution in [0, 0.1) is 0 Å². The van der Waals surface area contributed by atoms with Gasteiger partial charge in [-0.3, -0.25) is 9.62 Å². The second-order valence-electron chi connectivity index (χ2n) is 6.21. The van der Waals surface area contributed by atoms with Crippen molar-refractivity contribution in [3.05, 3.63) is 53.2 Å². The first-order chi connectivity index (χ1) is 10.3. The van der Waals surface area contributed by atoms with Gasteiger partial charge in [0.15, 0.2) is 0 Å². The molecular formula is C17H22N2O2S. The average molecular weight is 318 g/mol. The van der Waals surface area contributed by atoms with Crippen molar-refractivity contribution in [1.29, 1.82) is 0 Å². The van der Waals surface area contributed by atoms with Gasteiger partial charge in [0.25, 0.3) is 0 Å². The molecule has 2 atom stereocenters. The third kappa shape index (κ3) is 2.48. The quantitative estimate of drug-likeness (QED) is 0.852. The van der Waals surface area contributed by atoms with Gasteiger partial charge in [0.2, 0.25) is 10.0 Å². The summed E-state index contributed by atoms with van der Waals surface area (Å²) >= 11 is 0. The molecule has 4 nitrogen and oxygen atoms in total. The summed E-state index contributed by atoms with van der Waals surface area (Å²) in [6, 6.07) is 10.1. The van der Waals surface area contributed by atoms with Crippen LogP contribution in [0.4, 0.5) is 0 Å². The van der Waals surface area contributed by atoms with E-state index in [9.17, 15) is 8.42 Å². The van der Waals surface area contributed by atoms with E-state index in [0.29, 0.717) is 6.54 Å². The SMILES string of the molecule is CC1=C[C@@H](C)N[C@]12CCN(S(C)(=O)=O)/C2=C/c1ccccc1. The van der Waals surface area contributed by atoms with Gasteiger partial charge in [-0.15, -0.1) is 0 Å². The van der Waals surface area contributed by atoms with Gasteiger partial charge >= 0.3 is 0 Å². The van der Waals surface area contributed by atoms with Crippen LogP contribution in [0.1, 0.15) is 25.8 Å². The zero-order valence-electron chi connectivity index (χ0n) is 13.2. The standard InChI is InChI=1S/C17H22N2O2S/c1-13-11-14(2)18-17(13)9-10-19(22(3,20)21)16(17)12-15-7-5-4-6-8-15/h4-8,11-12,14,18H,9-10H2,1-3H3/b16-12+/t14-,17-/m1/s1. The van der Waals surface area contributed by atoms with Crippen molar-refractivity contribution in [3.8, 4) is 0 Å². The minimum absolute atomic E-state index is 0.249. The van der Waals surface area contributed by atoms with Crippen LogP contribution in [-0.4, -0.2) is 37.1 Å². The number of sulfonamides is 1. The molecule has 1 saturated heterocycles. The molecule has 2 aliphatic rings. The summed E-state index contributed by atoms with van der Waals surface area (Å²) in [7, 11) is -3.28. The lowest BCUT2D eigenvalue weighted by atomic mass is 9.88. The lowest BCUT2D eigenvalue weighted by Gasteiger charge is -2.31. The molecule has 2 heterocycles. The summed E-state index contributed by atoms with van der Waals surface area (Å²) in [5, 5.41) is 3.58. The molecule has 1 N–H and O–H groups in total. The Morgan fingerprint density at radius 1 is 1.32 bits per heavy atom. The van der Waals surface area contributed by atoms with Gasteiger partial charge < -0.3 is 0 Å². The number of hydrogen-bond acceptors (Lipinski definition) is 3. The van der Waals surface area contributed by atoms with E-state index in [1.54, 1.807) is 4.31 Å². The van der Waals surface area contributed by atoms with E-state index < -0.39 is 10.0 Å². The second-order valence-corrected chi connectivity index (χ2v) is 8.12. The van der Waals surface area contributed by atoms with Crippen LogP contribution in [0.3, 0.4) is 0 Å². The molecule has 0 saturated carbocycles. The van der Waals surface area contributed by atoms with Crippen molar-refractivity contribution in [2.45, 2.75) is 31.8 Å². The zero-order valence-corrected chi connectivity index (χ0v) is 14.0. The zero-order chi connectivity index (χ0) is 16.0. The topological polar surface area (TPSA) is 49.4 Å². The van der Waals surface area contributed by atoms with Crippen LogP contribution in [0.25, 0.3) is 6.08 Å².